The first-order valence-corrected chi connectivity index (χ1v) is 10.5. The molecule has 162 valence electrons. The van der Waals surface area contributed by atoms with Crippen molar-refractivity contribution in [1.29, 1.82) is 10.8 Å². The maximum atomic E-state index is 8.28. The largest absolute Gasteiger partial charge is 0.329 e. The van der Waals surface area contributed by atoms with E-state index in [1.165, 1.54) is 4.57 Å². The molecule has 2 aromatic heterocycles. The fourth-order valence-corrected chi connectivity index (χ4v) is 3.61. The summed E-state index contributed by atoms with van der Waals surface area (Å²) < 4.78 is 1.39. The normalized spacial score (nSPS) is 11.5. The van der Waals surface area contributed by atoms with Crippen molar-refractivity contribution < 1.29 is 0 Å². The van der Waals surface area contributed by atoms with Gasteiger partial charge in [-0.2, -0.15) is 4.98 Å². The quantitative estimate of drug-likeness (QED) is 0.335. The summed E-state index contributed by atoms with van der Waals surface area (Å²) in [5.74, 6) is 1.25. The van der Waals surface area contributed by atoms with Gasteiger partial charge in [0.25, 0.3) is 0 Å². The molecule has 2 N–H and O–H groups in total. The summed E-state index contributed by atoms with van der Waals surface area (Å²) in [7, 11) is 1.90. The van der Waals surface area contributed by atoms with Crippen molar-refractivity contribution in [3.63, 3.8) is 0 Å². The van der Waals surface area contributed by atoms with Crippen LogP contribution in [0.15, 0.2) is 54.9 Å². The molecule has 0 atom stereocenters. The SMILES string of the molecule is CN(c1cccc(-c2ncc(C(C)(C)C)cn2)c1)c1nc(=N)n(C=N)c2cc(Cl)ccc12. The van der Waals surface area contributed by atoms with Crippen molar-refractivity contribution >= 4 is 40.3 Å². The molecule has 0 unspecified atom stereocenters. The van der Waals surface area contributed by atoms with Gasteiger partial charge in [0, 0.05) is 41.1 Å². The molecule has 0 bridgehead atoms. The summed E-state index contributed by atoms with van der Waals surface area (Å²) in [6, 6.07) is 13.3. The van der Waals surface area contributed by atoms with Crippen LogP contribution in [0.2, 0.25) is 5.02 Å². The summed E-state index contributed by atoms with van der Waals surface area (Å²) in [6.07, 6.45) is 4.81. The highest BCUT2D eigenvalue weighted by molar-refractivity contribution is 6.31. The highest BCUT2D eigenvalue weighted by Crippen LogP contribution is 2.31. The van der Waals surface area contributed by atoms with Gasteiger partial charge in [-0.15, -0.1) is 0 Å². The van der Waals surface area contributed by atoms with Crippen molar-refractivity contribution in [3.8, 4) is 11.4 Å². The number of anilines is 2. The average molecular weight is 446 g/mol. The Morgan fingerprint density at radius 2 is 1.78 bits per heavy atom. The van der Waals surface area contributed by atoms with E-state index < -0.39 is 0 Å². The zero-order valence-electron chi connectivity index (χ0n) is 18.4. The van der Waals surface area contributed by atoms with Gasteiger partial charge in [0.2, 0.25) is 5.62 Å². The Morgan fingerprint density at radius 3 is 2.44 bits per heavy atom. The maximum Gasteiger partial charge on any atom is 0.229 e. The third-order valence-corrected chi connectivity index (χ3v) is 5.59. The molecule has 0 aliphatic rings. The van der Waals surface area contributed by atoms with Crippen LogP contribution in [-0.2, 0) is 5.41 Å². The summed E-state index contributed by atoms with van der Waals surface area (Å²) >= 11 is 6.18. The molecule has 0 fully saturated rings. The Morgan fingerprint density at radius 1 is 1.06 bits per heavy atom. The maximum absolute atomic E-state index is 8.28. The third-order valence-electron chi connectivity index (χ3n) is 5.36. The van der Waals surface area contributed by atoms with Crippen LogP contribution in [0.25, 0.3) is 22.3 Å². The zero-order chi connectivity index (χ0) is 23.0. The van der Waals surface area contributed by atoms with Gasteiger partial charge >= 0.3 is 0 Å². The van der Waals surface area contributed by atoms with E-state index in [-0.39, 0.29) is 11.0 Å². The number of nitrogens with zero attached hydrogens (tertiary/aromatic N) is 5. The van der Waals surface area contributed by atoms with Crippen molar-refractivity contribution in [2.75, 3.05) is 11.9 Å². The zero-order valence-corrected chi connectivity index (χ0v) is 19.1. The first-order chi connectivity index (χ1) is 15.2. The molecule has 4 rings (SSSR count). The Labute approximate surface area is 191 Å². The van der Waals surface area contributed by atoms with Crippen molar-refractivity contribution in [2.45, 2.75) is 26.2 Å². The fraction of sp³-hybridized carbons (Fsp3) is 0.208. The van der Waals surface area contributed by atoms with E-state index in [9.17, 15) is 0 Å². The molecule has 0 amide bonds. The molecule has 0 radical (unpaired) electrons. The molecular formula is C24H24ClN7. The Hall–Kier alpha value is -3.58. The predicted octanol–water partition coefficient (Wildman–Crippen LogP) is 5.15. The second-order valence-electron chi connectivity index (χ2n) is 8.57. The summed E-state index contributed by atoms with van der Waals surface area (Å²) in [5, 5.41) is 17.3. The first-order valence-electron chi connectivity index (χ1n) is 10.1. The lowest BCUT2D eigenvalue weighted by molar-refractivity contribution is 0.584. The van der Waals surface area contributed by atoms with Crippen LogP contribution in [0.1, 0.15) is 26.3 Å². The molecule has 7 nitrogen and oxygen atoms in total. The second kappa shape index (κ2) is 8.16. The molecule has 2 heterocycles. The van der Waals surface area contributed by atoms with Crippen LogP contribution in [0.3, 0.4) is 0 Å². The van der Waals surface area contributed by atoms with Crippen molar-refractivity contribution in [3.05, 3.63) is 71.1 Å². The Balaban J connectivity index is 1.78. The number of benzene rings is 2. The number of hydrogen-bond donors (Lipinski definition) is 2. The molecule has 4 aromatic rings. The highest BCUT2D eigenvalue weighted by Gasteiger charge is 2.17. The van der Waals surface area contributed by atoms with E-state index in [2.05, 4.69) is 35.7 Å². The lowest BCUT2D eigenvalue weighted by Crippen LogP contribution is -2.26. The number of aromatic nitrogens is 4. The predicted molar refractivity (Wildman–Crippen MR) is 129 cm³/mol. The molecular weight excluding hydrogens is 422 g/mol. The Kier molecular flexibility index (Phi) is 5.52. The van der Waals surface area contributed by atoms with E-state index >= 15 is 0 Å². The van der Waals surface area contributed by atoms with Crippen molar-refractivity contribution in [1.82, 2.24) is 19.5 Å². The highest BCUT2D eigenvalue weighted by atomic mass is 35.5. The smallest absolute Gasteiger partial charge is 0.229 e. The van der Waals surface area contributed by atoms with Gasteiger partial charge in [0.1, 0.15) is 5.82 Å². The molecule has 0 aliphatic heterocycles. The second-order valence-corrected chi connectivity index (χ2v) is 9.01. The van der Waals surface area contributed by atoms with Gasteiger partial charge < -0.3 is 4.90 Å². The van der Waals surface area contributed by atoms with Gasteiger partial charge in [-0.25, -0.2) is 9.97 Å². The number of nitrogens with one attached hydrogen (secondary N) is 2. The van der Waals surface area contributed by atoms with E-state index in [1.807, 2.05) is 54.7 Å². The van der Waals surface area contributed by atoms with Crippen LogP contribution >= 0.6 is 11.6 Å². The summed E-state index contributed by atoms with van der Waals surface area (Å²) in [6.45, 7) is 6.40. The lowest BCUT2D eigenvalue weighted by atomic mass is 9.89. The van der Waals surface area contributed by atoms with Gasteiger partial charge in [-0.05, 0) is 41.3 Å². The first kappa shape index (κ1) is 21.6. The molecule has 0 spiro atoms. The molecule has 2 aromatic carbocycles. The third kappa shape index (κ3) is 3.99. The number of hydrogen-bond acceptors (Lipinski definition) is 6. The van der Waals surface area contributed by atoms with Gasteiger partial charge in [0.15, 0.2) is 5.82 Å². The Bertz CT molecular complexity index is 1370. The minimum absolute atomic E-state index is 0.00909. The summed E-state index contributed by atoms with van der Waals surface area (Å²) in [4.78, 5) is 15.5. The number of rotatable bonds is 4. The topological polar surface area (TPSA) is 94.5 Å². The van der Waals surface area contributed by atoms with Gasteiger partial charge in [-0.3, -0.25) is 15.4 Å². The van der Waals surface area contributed by atoms with E-state index in [1.54, 1.807) is 12.1 Å². The van der Waals surface area contributed by atoms with Crippen LogP contribution in [-0.4, -0.2) is 32.9 Å². The minimum Gasteiger partial charge on any atom is -0.329 e. The molecule has 32 heavy (non-hydrogen) atoms. The molecule has 0 saturated heterocycles. The lowest BCUT2D eigenvalue weighted by Gasteiger charge is -2.22. The number of halogens is 1. The van der Waals surface area contributed by atoms with E-state index in [0.29, 0.717) is 22.2 Å². The van der Waals surface area contributed by atoms with Gasteiger partial charge in [-0.1, -0.05) is 44.5 Å². The molecule has 8 heteroatoms. The van der Waals surface area contributed by atoms with Crippen LogP contribution in [0.5, 0.6) is 0 Å². The monoisotopic (exact) mass is 445 g/mol. The van der Waals surface area contributed by atoms with Crippen LogP contribution < -0.4 is 10.5 Å². The van der Waals surface area contributed by atoms with E-state index in [0.717, 1.165) is 28.5 Å². The molecule has 0 aliphatic carbocycles. The summed E-state index contributed by atoms with van der Waals surface area (Å²) in [5.41, 5.74) is 3.43. The number of fused-ring (bicyclic) bond motifs is 1. The average Bonchev–Trinajstić information content (AvgIpc) is 2.77. The fourth-order valence-electron chi connectivity index (χ4n) is 3.45. The van der Waals surface area contributed by atoms with Crippen LogP contribution in [0.4, 0.5) is 11.5 Å². The van der Waals surface area contributed by atoms with E-state index in [4.69, 9.17) is 22.4 Å². The standard InChI is InChI=1S/C24H24ClN7/c1-24(2,3)16-12-28-21(29-13-16)15-6-5-7-18(10-15)31(4)22-19-9-8-17(25)11-20(19)32(14-26)23(27)30-22/h5-14,26-27H,1-4H3. The van der Waals surface area contributed by atoms with Gasteiger partial charge in [0.05, 0.1) is 11.9 Å². The van der Waals surface area contributed by atoms with Crippen LogP contribution in [0, 0.1) is 10.8 Å². The van der Waals surface area contributed by atoms with Crippen molar-refractivity contribution in [2.24, 2.45) is 0 Å². The minimum atomic E-state index is -0.0473. The molecule has 0 saturated carbocycles.